The monoisotopic (exact) mass is 404 g/mol. The standard InChI is InChI=1S/C24H28N4O2/c1-27-16-19(21-7-2-3-8-22(21)27)14-23(29)26-20-6-4-5-17(13-20)15-28-11-9-18(10-12-28)24(25)30/h2-8,13,16,18H,9-12,14-15H2,1H3,(H2,25,30)(H,26,29). The number of likely N-dealkylation sites (tertiary alicyclic amines) is 1. The molecule has 3 aromatic rings. The molecule has 0 unspecified atom stereocenters. The number of hydrogen-bond acceptors (Lipinski definition) is 3. The number of carbonyl (C=O) groups is 2. The van der Waals surface area contributed by atoms with Crippen LogP contribution >= 0.6 is 0 Å². The number of piperidine rings is 1. The molecular weight excluding hydrogens is 376 g/mol. The van der Waals surface area contributed by atoms with Crippen LogP contribution in [0.4, 0.5) is 5.69 Å². The van der Waals surface area contributed by atoms with Gasteiger partial charge >= 0.3 is 0 Å². The molecule has 0 saturated carbocycles. The lowest BCUT2D eigenvalue weighted by molar-refractivity contribution is -0.123. The first-order valence-electron chi connectivity index (χ1n) is 10.4. The van der Waals surface area contributed by atoms with E-state index in [1.165, 1.54) is 0 Å². The van der Waals surface area contributed by atoms with Gasteiger partial charge in [-0.15, -0.1) is 0 Å². The minimum absolute atomic E-state index is 0.000870. The Kier molecular flexibility index (Phi) is 5.86. The second kappa shape index (κ2) is 8.71. The van der Waals surface area contributed by atoms with Gasteiger partial charge in [0.1, 0.15) is 0 Å². The SMILES string of the molecule is Cn1cc(CC(=O)Nc2cccc(CN3CCC(C(N)=O)CC3)c2)c2ccccc21. The summed E-state index contributed by atoms with van der Waals surface area (Å²) in [6, 6.07) is 16.1. The third kappa shape index (κ3) is 4.54. The van der Waals surface area contributed by atoms with E-state index in [0.717, 1.165) is 60.2 Å². The van der Waals surface area contributed by atoms with Gasteiger partial charge in [0.15, 0.2) is 0 Å². The predicted octanol–water partition coefficient (Wildman–Crippen LogP) is 3.06. The van der Waals surface area contributed by atoms with Crippen molar-refractivity contribution in [3.05, 3.63) is 65.9 Å². The van der Waals surface area contributed by atoms with Gasteiger partial charge in [0.05, 0.1) is 6.42 Å². The van der Waals surface area contributed by atoms with Gasteiger partial charge in [-0.3, -0.25) is 14.5 Å². The molecule has 0 bridgehead atoms. The summed E-state index contributed by atoms with van der Waals surface area (Å²) in [6.07, 6.45) is 4.00. The summed E-state index contributed by atoms with van der Waals surface area (Å²) in [4.78, 5) is 26.3. The number of aryl methyl sites for hydroxylation is 1. The van der Waals surface area contributed by atoms with E-state index in [2.05, 4.69) is 33.0 Å². The number of primary amides is 1. The van der Waals surface area contributed by atoms with Crippen LogP contribution in [-0.2, 0) is 29.6 Å². The van der Waals surface area contributed by atoms with Crippen LogP contribution in [0.25, 0.3) is 10.9 Å². The van der Waals surface area contributed by atoms with Crippen LogP contribution in [0.2, 0.25) is 0 Å². The Balaban J connectivity index is 1.37. The predicted molar refractivity (Wildman–Crippen MR) is 119 cm³/mol. The molecule has 1 aromatic heterocycles. The Morgan fingerprint density at radius 2 is 1.87 bits per heavy atom. The second-order valence-corrected chi connectivity index (χ2v) is 8.16. The zero-order valence-electron chi connectivity index (χ0n) is 17.3. The maximum absolute atomic E-state index is 12.7. The highest BCUT2D eigenvalue weighted by Crippen LogP contribution is 2.22. The zero-order valence-corrected chi connectivity index (χ0v) is 17.3. The molecule has 1 saturated heterocycles. The number of rotatable bonds is 6. The summed E-state index contributed by atoms with van der Waals surface area (Å²) in [5.41, 5.74) is 9.53. The lowest BCUT2D eigenvalue weighted by Crippen LogP contribution is -2.38. The second-order valence-electron chi connectivity index (χ2n) is 8.16. The maximum Gasteiger partial charge on any atom is 0.228 e. The average molecular weight is 405 g/mol. The lowest BCUT2D eigenvalue weighted by Gasteiger charge is -2.30. The summed E-state index contributed by atoms with van der Waals surface area (Å²) < 4.78 is 2.06. The Morgan fingerprint density at radius 3 is 2.63 bits per heavy atom. The molecular formula is C24H28N4O2. The number of para-hydroxylation sites is 1. The van der Waals surface area contributed by atoms with Crippen molar-refractivity contribution in [1.82, 2.24) is 9.47 Å². The molecule has 2 heterocycles. The summed E-state index contributed by atoms with van der Waals surface area (Å²) in [6.45, 7) is 2.54. The Morgan fingerprint density at radius 1 is 1.10 bits per heavy atom. The maximum atomic E-state index is 12.7. The molecule has 0 aliphatic carbocycles. The molecule has 2 aromatic carbocycles. The van der Waals surface area contributed by atoms with Crippen LogP contribution < -0.4 is 11.1 Å². The number of aromatic nitrogens is 1. The van der Waals surface area contributed by atoms with E-state index in [0.29, 0.717) is 6.42 Å². The molecule has 6 nitrogen and oxygen atoms in total. The van der Waals surface area contributed by atoms with Crippen molar-refractivity contribution in [2.75, 3.05) is 18.4 Å². The number of carbonyl (C=O) groups excluding carboxylic acids is 2. The number of nitrogens with one attached hydrogen (secondary N) is 1. The van der Waals surface area contributed by atoms with E-state index < -0.39 is 0 Å². The molecule has 1 fully saturated rings. The molecule has 1 aliphatic heterocycles. The van der Waals surface area contributed by atoms with E-state index in [1.807, 2.05) is 43.6 Å². The molecule has 30 heavy (non-hydrogen) atoms. The molecule has 6 heteroatoms. The summed E-state index contributed by atoms with van der Waals surface area (Å²) >= 11 is 0. The lowest BCUT2D eigenvalue weighted by atomic mass is 9.96. The highest BCUT2D eigenvalue weighted by Gasteiger charge is 2.23. The van der Waals surface area contributed by atoms with Crippen molar-refractivity contribution in [1.29, 1.82) is 0 Å². The summed E-state index contributed by atoms with van der Waals surface area (Å²) in [5, 5.41) is 4.15. The van der Waals surface area contributed by atoms with E-state index in [9.17, 15) is 9.59 Å². The van der Waals surface area contributed by atoms with Gasteiger partial charge in [0, 0.05) is 42.3 Å². The fourth-order valence-corrected chi connectivity index (χ4v) is 4.33. The first-order chi connectivity index (χ1) is 14.5. The highest BCUT2D eigenvalue weighted by atomic mass is 16.2. The average Bonchev–Trinajstić information content (AvgIpc) is 3.04. The van der Waals surface area contributed by atoms with Gasteiger partial charge in [-0.2, -0.15) is 0 Å². The Bertz CT molecular complexity index is 1060. The minimum atomic E-state index is -0.189. The fourth-order valence-electron chi connectivity index (χ4n) is 4.33. The number of nitrogens with two attached hydrogens (primary N) is 1. The molecule has 156 valence electrons. The molecule has 2 amide bonds. The van der Waals surface area contributed by atoms with Crippen molar-refractivity contribution in [3.63, 3.8) is 0 Å². The van der Waals surface area contributed by atoms with Gasteiger partial charge in [-0.1, -0.05) is 30.3 Å². The van der Waals surface area contributed by atoms with Gasteiger partial charge in [0.2, 0.25) is 11.8 Å². The molecule has 4 rings (SSSR count). The largest absolute Gasteiger partial charge is 0.369 e. The molecule has 0 atom stereocenters. The Labute approximate surface area is 176 Å². The van der Waals surface area contributed by atoms with Crippen LogP contribution in [0.1, 0.15) is 24.0 Å². The third-order valence-electron chi connectivity index (χ3n) is 5.94. The number of benzene rings is 2. The molecule has 0 spiro atoms. The summed E-state index contributed by atoms with van der Waals surface area (Å²) in [7, 11) is 2.00. The number of fused-ring (bicyclic) bond motifs is 1. The van der Waals surface area contributed by atoms with Crippen LogP contribution in [0.15, 0.2) is 54.7 Å². The number of amides is 2. The summed E-state index contributed by atoms with van der Waals surface area (Å²) in [5.74, 6) is -0.211. The smallest absolute Gasteiger partial charge is 0.228 e. The van der Waals surface area contributed by atoms with Crippen molar-refractivity contribution in [3.8, 4) is 0 Å². The van der Waals surface area contributed by atoms with E-state index in [-0.39, 0.29) is 17.7 Å². The van der Waals surface area contributed by atoms with Gasteiger partial charge < -0.3 is 15.6 Å². The first kappa shape index (κ1) is 20.2. The third-order valence-corrected chi connectivity index (χ3v) is 5.94. The quantitative estimate of drug-likeness (QED) is 0.663. The molecule has 0 radical (unpaired) electrons. The van der Waals surface area contributed by atoms with Crippen molar-refractivity contribution >= 4 is 28.4 Å². The highest BCUT2D eigenvalue weighted by molar-refractivity contribution is 5.96. The van der Waals surface area contributed by atoms with E-state index in [4.69, 9.17) is 5.73 Å². The molecule has 3 N–H and O–H groups in total. The minimum Gasteiger partial charge on any atom is -0.369 e. The fraction of sp³-hybridized carbons (Fsp3) is 0.333. The molecule has 1 aliphatic rings. The van der Waals surface area contributed by atoms with Crippen molar-refractivity contribution in [2.45, 2.75) is 25.8 Å². The normalized spacial score (nSPS) is 15.4. The van der Waals surface area contributed by atoms with Crippen molar-refractivity contribution in [2.24, 2.45) is 18.7 Å². The Hall–Kier alpha value is -3.12. The van der Waals surface area contributed by atoms with E-state index in [1.54, 1.807) is 0 Å². The number of anilines is 1. The van der Waals surface area contributed by atoms with Crippen LogP contribution in [0.5, 0.6) is 0 Å². The van der Waals surface area contributed by atoms with Crippen LogP contribution in [0, 0.1) is 5.92 Å². The zero-order chi connectivity index (χ0) is 21.1. The topological polar surface area (TPSA) is 80.4 Å². The van der Waals surface area contributed by atoms with Crippen molar-refractivity contribution < 1.29 is 9.59 Å². The number of hydrogen-bond donors (Lipinski definition) is 2. The van der Waals surface area contributed by atoms with Crippen LogP contribution in [0.3, 0.4) is 0 Å². The number of nitrogens with zero attached hydrogens (tertiary/aromatic N) is 2. The first-order valence-corrected chi connectivity index (χ1v) is 10.4. The van der Waals surface area contributed by atoms with Gasteiger partial charge in [0.25, 0.3) is 0 Å². The van der Waals surface area contributed by atoms with Crippen LogP contribution in [-0.4, -0.2) is 34.4 Å². The van der Waals surface area contributed by atoms with Gasteiger partial charge in [-0.05, 0) is 55.3 Å². The van der Waals surface area contributed by atoms with E-state index >= 15 is 0 Å². The van der Waals surface area contributed by atoms with Gasteiger partial charge in [-0.25, -0.2) is 0 Å².